The predicted octanol–water partition coefficient (Wildman–Crippen LogP) is 2.40. The number of benzene rings is 1. The van der Waals surface area contributed by atoms with E-state index >= 15 is 0 Å². The van der Waals surface area contributed by atoms with Crippen molar-refractivity contribution in [2.45, 2.75) is 19.6 Å². The molecule has 0 aliphatic rings. The van der Waals surface area contributed by atoms with Gasteiger partial charge in [0, 0.05) is 23.0 Å². The third-order valence-corrected chi connectivity index (χ3v) is 3.64. The average molecular weight is 290 g/mol. The van der Waals surface area contributed by atoms with E-state index in [1.165, 1.54) is 0 Å². The maximum absolute atomic E-state index is 12.0. The third kappa shape index (κ3) is 4.08. The second-order valence-electron chi connectivity index (χ2n) is 4.51. The summed E-state index contributed by atoms with van der Waals surface area (Å²) in [7, 11) is 0. The molecule has 1 heterocycles. The Morgan fingerprint density at radius 1 is 1.40 bits per heavy atom. The van der Waals surface area contributed by atoms with Gasteiger partial charge < -0.3 is 15.8 Å². The van der Waals surface area contributed by atoms with E-state index in [9.17, 15) is 4.79 Å². The zero-order chi connectivity index (χ0) is 14.4. The molecule has 0 aliphatic carbocycles. The van der Waals surface area contributed by atoms with E-state index in [1.807, 2.05) is 36.6 Å². The molecule has 106 valence electrons. The molecule has 4 nitrogen and oxygen atoms in total. The molecule has 2 aromatic rings. The highest BCUT2D eigenvalue weighted by molar-refractivity contribution is 7.09. The zero-order valence-electron chi connectivity index (χ0n) is 11.3. The molecule has 20 heavy (non-hydrogen) atoms. The van der Waals surface area contributed by atoms with Crippen molar-refractivity contribution in [1.82, 2.24) is 5.32 Å². The molecule has 0 aliphatic heterocycles. The molecular weight excluding hydrogens is 272 g/mol. The fourth-order valence-electron chi connectivity index (χ4n) is 1.64. The summed E-state index contributed by atoms with van der Waals surface area (Å²) in [5.41, 5.74) is 6.07. The molecule has 0 bridgehead atoms. The van der Waals surface area contributed by atoms with Crippen molar-refractivity contribution in [2.75, 3.05) is 6.54 Å². The fraction of sp³-hybridized carbons (Fsp3) is 0.267. The number of carbonyl (C=O) groups is 1. The highest BCUT2D eigenvalue weighted by Gasteiger charge is 2.09. The number of carbonyl (C=O) groups excluding carboxylic acids is 1. The van der Waals surface area contributed by atoms with E-state index < -0.39 is 0 Å². The molecule has 3 N–H and O–H groups in total. The van der Waals surface area contributed by atoms with Crippen LogP contribution in [0.15, 0.2) is 41.8 Å². The van der Waals surface area contributed by atoms with Crippen LogP contribution in [-0.2, 0) is 6.61 Å². The van der Waals surface area contributed by atoms with Crippen LogP contribution in [0.25, 0.3) is 0 Å². The summed E-state index contributed by atoms with van der Waals surface area (Å²) in [5, 5.41) is 4.84. The Balaban J connectivity index is 1.98. The second kappa shape index (κ2) is 7.07. The van der Waals surface area contributed by atoms with Crippen molar-refractivity contribution < 1.29 is 9.53 Å². The molecule has 1 aromatic heterocycles. The monoisotopic (exact) mass is 290 g/mol. The molecule has 0 fully saturated rings. The van der Waals surface area contributed by atoms with Gasteiger partial charge in [-0.25, -0.2) is 0 Å². The lowest BCUT2D eigenvalue weighted by atomic mass is 10.2. The molecule has 0 spiro atoms. The maximum Gasteiger partial charge on any atom is 0.251 e. The van der Waals surface area contributed by atoms with Crippen molar-refractivity contribution in [3.63, 3.8) is 0 Å². The fourth-order valence-corrected chi connectivity index (χ4v) is 2.26. The van der Waals surface area contributed by atoms with Crippen molar-refractivity contribution in [3.05, 3.63) is 52.2 Å². The second-order valence-corrected chi connectivity index (χ2v) is 5.54. The van der Waals surface area contributed by atoms with E-state index in [0.29, 0.717) is 24.5 Å². The minimum absolute atomic E-state index is 0.0433. The highest BCUT2D eigenvalue weighted by atomic mass is 32.1. The molecule has 0 unspecified atom stereocenters. The van der Waals surface area contributed by atoms with E-state index in [-0.39, 0.29) is 11.9 Å². The lowest BCUT2D eigenvalue weighted by Gasteiger charge is -2.12. The van der Waals surface area contributed by atoms with E-state index in [4.69, 9.17) is 10.5 Å². The summed E-state index contributed by atoms with van der Waals surface area (Å²) >= 11 is 1.65. The topological polar surface area (TPSA) is 64.3 Å². The average Bonchev–Trinajstić information content (AvgIpc) is 2.98. The summed E-state index contributed by atoms with van der Waals surface area (Å²) in [6, 6.07) is 11.1. The minimum atomic E-state index is -0.135. The molecule has 1 amide bonds. The Morgan fingerprint density at radius 2 is 2.25 bits per heavy atom. The van der Waals surface area contributed by atoms with Crippen LogP contribution in [0.4, 0.5) is 0 Å². The lowest BCUT2D eigenvalue weighted by molar-refractivity contribution is 0.0941. The van der Waals surface area contributed by atoms with Crippen LogP contribution in [0.3, 0.4) is 0 Å². The first-order valence-electron chi connectivity index (χ1n) is 6.45. The molecule has 2 rings (SSSR count). The van der Waals surface area contributed by atoms with Gasteiger partial charge in [-0.05, 0) is 36.6 Å². The molecule has 0 saturated carbocycles. The minimum Gasteiger partial charge on any atom is -0.488 e. The molecule has 0 saturated heterocycles. The van der Waals surface area contributed by atoms with Crippen LogP contribution in [-0.4, -0.2) is 18.5 Å². The van der Waals surface area contributed by atoms with Crippen molar-refractivity contribution in [1.29, 1.82) is 0 Å². The van der Waals surface area contributed by atoms with Crippen LogP contribution in [0.5, 0.6) is 5.75 Å². The number of amides is 1. The van der Waals surface area contributed by atoms with E-state index in [1.54, 1.807) is 23.5 Å². The van der Waals surface area contributed by atoms with E-state index in [0.717, 1.165) is 4.88 Å². The van der Waals surface area contributed by atoms with Gasteiger partial charge in [0.2, 0.25) is 0 Å². The number of hydrogen-bond donors (Lipinski definition) is 2. The summed E-state index contributed by atoms with van der Waals surface area (Å²) in [6.07, 6.45) is 0. The number of rotatable bonds is 6. The lowest BCUT2D eigenvalue weighted by Crippen LogP contribution is -2.37. The van der Waals surface area contributed by atoms with Crippen LogP contribution >= 0.6 is 11.3 Å². The van der Waals surface area contributed by atoms with Crippen molar-refractivity contribution in [3.8, 4) is 5.75 Å². The normalized spacial score (nSPS) is 11.9. The largest absolute Gasteiger partial charge is 0.488 e. The highest BCUT2D eigenvalue weighted by Crippen LogP contribution is 2.17. The number of thiophene rings is 1. The predicted molar refractivity (Wildman–Crippen MR) is 81.1 cm³/mol. The van der Waals surface area contributed by atoms with Gasteiger partial charge in [-0.15, -0.1) is 11.3 Å². The Bertz CT molecular complexity index is 555. The van der Waals surface area contributed by atoms with Gasteiger partial charge in [-0.2, -0.15) is 0 Å². The summed E-state index contributed by atoms with van der Waals surface area (Å²) in [6.45, 7) is 2.80. The van der Waals surface area contributed by atoms with Gasteiger partial charge in [0.05, 0.1) is 0 Å². The van der Waals surface area contributed by atoms with Gasteiger partial charge in [0.15, 0.2) is 0 Å². The first-order valence-corrected chi connectivity index (χ1v) is 7.33. The van der Waals surface area contributed by atoms with Crippen molar-refractivity contribution >= 4 is 17.2 Å². The number of nitrogens with one attached hydrogen (secondary N) is 1. The van der Waals surface area contributed by atoms with Gasteiger partial charge in [-0.1, -0.05) is 12.1 Å². The van der Waals surface area contributed by atoms with Crippen LogP contribution in [0.2, 0.25) is 0 Å². The maximum atomic E-state index is 12.0. The first-order chi connectivity index (χ1) is 9.69. The molecule has 1 atom stereocenters. The standard InChI is InChI=1S/C15H18N2O2S/c1-11(9-16)17-15(18)12-4-2-5-13(8-12)19-10-14-6-3-7-20-14/h2-8,11H,9-10,16H2,1H3,(H,17,18)/t11-/m0/s1. The Kier molecular flexibility index (Phi) is 5.15. The molecule has 0 radical (unpaired) electrons. The summed E-state index contributed by atoms with van der Waals surface area (Å²) in [4.78, 5) is 13.1. The third-order valence-electron chi connectivity index (χ3n) is 2.79. The van der Waals surface area contributed by atoms with Crippen LogP contribution in [0, 0.1) is 0 Å². The first kappa shape index (κ1) is 14.6. The number of hydrogen-bond acceptors (Lipinski definition) is 4. The zero-order valence-corrected chi connectivity index (χ0v) is 12.2. The quantitative estimate of drug-likeness (QED) is 0.858. The summed E-state index contributed by atoms with van der Waals surface area (Å²) < 4.78 is 5.68. The number of ether oxygens (including phenoxy) is 1. The summed E-state index contributed by atoms with van der Waals surface area (Å²) in [5.74, 6) is 0.552. The van der Waals surface area contributed by atoms with Gasteiger partial charge in [0.25, 0.3) is 5.91 Å². The van der Waals surface area contributed by atoms with Crippen LogP contribution in [0.1, 0.15) is 22.2 Å². The van der Waals surface area contributed by atoms with Gasteiger partial charge in [0.1, 0.15) is 12.4 Å². The van der Waals surface area contributed by atoms with Gasteiger partial charge >= 0.3 is 0 Å². The van der Waals surface area contributed by atoms with Gasteiger partial charge in [-0.3, -0.25) is 4.79 Å². The molecule has 1 aromatic carbocycles. The smallest absolute Gasteiger partial charge is 0.251 e. The number of nitrogens with two attached hydrogens (primary N) is 1. The SMILES string of the molecule is C[C@@H](CN)NC(=O)c1cccc(OCc2cccs2)c1. The molecular formula is C15H18N2O2S. The van der Waals surface area contributed by atoms with E-state index in [2.05, 4.69) is 5.32 Å². The Hall–Kier alpha value is -1.85. The Morgan fingerprint density at radius 3 is 2.95 bits per heavy atom. The molecule has 5 heteroatoms. The Labute approximate surface area is 122 Å². The van der Waals surface area contributed by atoms with Crippen molar-refractivity contribution in [2.24, 2.45) is 5.73 Å². The van der Waals surface area contributed by atoms with Crippen LogP contribution < -0.4 is 15.8 Å².